The van der Waals surface area contributed by atoms with Crippen molar-refractivity contribution in [2.75, 3.05) is 27.4 Å². The Labute approximate surface area is 197 Å². The lowest BCUT2D eigenvalue weighted by Crippen LogP contribution is -2.40. The van der Waals surface area contributed by atoms with Gasteiger partial charge in [0.05, 0.1) is 33.5 Å². The number of benzene rings is 2. The van der Waals surface area contributed by atoms with Gasteiger partial charge in [-0.15, -0.1) is 0 Å². The maximum Gasteiger partial charge on any atom is 0.410 e. The molecule has 0 heterocycles. The van der Waals surface area contributed by atoms with E-state index in [1.54, 1.807) is 19.1 Å². The fourth-order valence-electron chi connectivity index (χ4n) is 3.85. The molecule has 1 amide bonds. The molecule has 0 unspecified atom stereocenters. The van der Waals surface area contributed by atoms with Gasteiger partial charge in [0, 0.05) is 12.1 Å². The third-order valence-electron chi connectivity index (χ3n) is 5.72. The highest BCUT2D eigenvalue weighted by Gasteiger charge is 2.33. The molecular weight excluding hydrogens is 418 g/mol. The number of amides is 1. The van der Waals surface area contributed by atoms with Crippen molar-refractivity contribution < 1.29 is 23.7 Å². The minimum absolute atomic E-state index is 0.253. The number of carbonyl (C=O) groups is 1. The molecule has 6 heteroatoms. The minimum Gasteiger partial charge on any atom is -0.496 e. The Balaban J connectivity index is 1.79. The Morgan fingerprint density at radius 2 is 1.67 bits per heavy atom. The van der Waals surface area contributed by atoms with E-state index in [0.29, 0.717) is 25.7 Å². The second-order valence-electron chi connectivity index (χ2n) is 9.50. The Bertz CT molecular complexity index is 893. The molecule has 3 rings (SSSR count). The predicted octanol–water partition coefficient (Wildman–Crippen LogP) is 6.10. The standard InChI is InChI=1S/C27H37NO5/c1-19(22-16-23(30-5)25(21-12-13-21)24(17-22)31-6)28(26(29)33-27(2,3)4)14-15-32-18-20-10-8-7-9-11-20/h7-11,16-17,19,21H,12-15,18H2,1-6H3/t19-/m1/s1. The molecule has 0 N–H and O–H groups in total. The maximum atomic E-state index is 13.1. The summed E-state index contributed by atoms with van der Waals surface area (Å²) >= 11 is 0. The molecule has 1 aliphatic rings. The van der Waals surface area contributed by atoms with Crippen LogP contribution in [0.3, 0.4) is 0 Å². The molecule has 2 aromatic carbocycles. The molecule has 0 saturated heterocycles. The van der Waals surface area contributed by atoms with Gasteiger partial charge in [0.2, 0.25) is 0 Å². The summed E-state index contributed by atoms with van der Waals surface area (Å²) in [6, 6.07) is 13.8. The van der Waals surface area contributed by atoms with Gasteiger partial charge >= 0.3 is 6.09 Å². The quantitative estimate of drug-likeness (QED) is 0.405. The zero-order valence-electron chi connectivity index (χ0n) is 20.7. The van der Waals surface area contributed by atoms with Crippen molar-refractivity contribution >= 4 is 6.09 Å². The van der Waals surface area contributed by atoms with E-state index in [-0.39, 0.29) is 12.1 Å². The first kappa shape index (κ1) is 24.9. The van der Waals surface area contributed by atoms with Crippen molar-refractivity contribution in [3.63, 3.8) is 0 Å². The van der Waals surface area contributed by atoms with Crippen molar-refractivity contribution in [3.8, 4) is 11.5 Å². The summed E-state index contributed by atoms with van der Waals surface area (Å²) in [5.41, 5.74) is 2.55. The Morgan fingerprint density at radius 3 is 2.18 bits per heavy atom. The van der Waals surface area contributed by atoms with Crippen LogP contribution in [0.15, 0.2) is 42.5 Å². The molecule has 0 aromatic heterocycles. The SMILES string of the molecule is COc1cc([C@@H](C)N(CCOCc2ccccc2)C(=O)OC(C)(C)C)cc(OC)c1C1CC1. The first-order valence-electron chi connectivity index (χ1n) is 11.6. The van der Waals surface area contributed by atoms with E-state index in [9.17, 15) is 4.79 Å². The van der Waals surface area contributed by atoms with E-state index >= 15 is 0 Å². The molecular formula is C27H37NO5. The lowest BCUT2D eigenvalue weighted by atomic mass is 10.00. The van der Waals surface area contributed by atoms with Gasteiger partial charge in [-0.1, -0.05) is 30.3 Å². The van der Waals surface area contributed by atoms with Crippen molar-refractivity contribution in [1.82, 2.24) is 4.90 Å². The van der Waals surface area contributed by atoms with Crippen LogP contribution in [0.1, 0.15) is 69.2 Å². The van der Waals surface area contributed by atoms with Crippen molar-refractivity contribution in [2.45, 2.75) is 64.7 Å². The molecule has 1 fully saturated rings. The summed E-state index contributed by atoms with van der Waals surface area (Å²) in [4.78, 5) is 14.8. The largest absolute Gasteiger partial charge is 0.496 e. The maximum absolute atomic E-state index is 13.1. The Kier molecular flexibility index (Phi) is 8.25. The van der Waals surface area contributed by atoms with E-state index in [4.69, 9.17) is 18.9 Å². The molecule has 0 radical (unpaired) electrons. The highest BCUT2D eigenvalue weighted by molar-refractivity contribution is 5.69. The summed E-state index contributed by atoms with van der Waals surface area (Å²) in [6.07, 6.45) is 1.91. The second kappa shape index (κ2) is 10.9. The van der Waals surface area contributed by atoms with Crippen molar-refractivity contribution in [2.24, 2.45) is 0 Å². The normalized spacial score (nSPS) is 14.5. The molecule has 1 saturated carbocycles. The molecule has 180 valence electrons. The molecule has 33 heavy (non-hydrogen) atoms. The molecule has 0 bridgehead atoms. The summed E-state index contributed by atoms with van der Waals surface area (Å²) in [5, 5.41) is 0. The van der Waals surface area contributed by atoms with Crippen LogP contribution < -0.4 is 9.47 Å². The van der Waals surface area contributed by atoms with Gasteiger partial charge in [-0.25, -0.2) is 4.79 Å². The van der Waals surface area contributed by atoms with Crippen LogP contribution in [0.25, 0.3) is 0 Å². The monoisotopic (exact) mass is 455 g/mol. The number of hydrogen-bond acceptors (Lipinski definition) is 5. The zero-order chi connectivity index (χ0) is 24.0. The molecule has 1 atom stereocenters. The Hall–Kier alpha value is -2.73. The van der Waals surface area contributed by atoms with E-state index in [2.05, 4.69) is 0 Å². The fourth-order valence-corrected chi connectivity index (χ4v) is 3.85. The minimum atomic E-state index is -0.592. The third kappa shape index (κ3) is 6.87. The highest BCUT2D eigenvalue weighted by Crippen LogP contribution is 2.49. The van der Waals surface area contributed by atoms with Crippen LogP contribution >= 0.6 is 0 Å². The topological polar surface area (TPSA) is 57.2 Å². The number of rotatable bonds is 10. The van der Waals surface area contributed by atoms with Crippen LogP contribution in [0, 0.1) is 0 Å². The number of ether oxygens (including phenoxy) is 4. The van der Waals surface area contributed by atoms with Gasteiger partial charge in [0.25, 0.3) is 0 Å². The van der Waals surface area contributed by atoms with Crippen LogP contribution in [-0.4, -0.2) is 44.0 Å². The average Bonchev–Trinajstić information content (AvgIpc) is 3.62. The summed E-state index contributed by atoms with van der Waals surface area (Å²) in [7, 11) is 3.36. The first-order chi connectivity index (χ1) is 15.7. The van der Waals surface area contributed by atoms with E-state index < -0.39 is 5.60 Å². The lowest BCUT2D eigenvalue weighted by Gasteiger charge is -2.32. The molecule has 2 aromatic rings. The third-order valence-corrected chi connectivity index (χ3v) is 5.72. The zero-order valence-corrected chi connectivity index (χ0v) is 20.7. The number of nitrogens with zero attached hydrogens (tertiary/aromatic N) is 1. The van der Waals surface area contributed by atoms with E-state index in [1.165, 1.54) is 0 Å². The number of carbonyl (C=O) groups excluding carboxylic acids is 1. The number of methoxy groups -OCH3 is 2. The average molecular weight is 456 g/mol. The van der Waals surface area contributed by atoms with Gasteiger partial charge in [-0.05, 0) is 69.7 Å². The fraction of sp³-hybridized carbons (Fsp3) is 0.519. The van der Waals surface area contributed by atoms with Crippen LogP contribution in [0.4, 0.5) is 4.79 Å². The summed E-state index contributed by atoms with van der Waals surface area (Å²) in [5.74, 6) is 2.10. The molecule has 0 spiro atoms. The first-order valence-corrected chi connectivity index (χ1v) is 11.6. The molecule has 6 nitrogen and oxygen atoms in total. The van der Waals surface area contributed by atoms with Gasteiger partial charge in [0.15, 0.2) is 0 Å². The summed E-state index contributed by atoms with van der Waals surface area (Å²) in [6.45, 7) is 8.90. The van der Waals surface area contributed by atoms with Gasteiger partial charge in [-0.2, -0.15) is 0 Å². The van der Waals surface area contributed by atoms with E-state index in [1.807, 2.05) is 70.2 Å². The molecule has 1 aliphatic carbocycles. The van der Waals surface area contributed by atoms with Gasteiger partial charge < -0.3 is 18.9 Å². The predicted molar refractivity (Wildman–Crippen MR) is 129 cm³/mol. The van der Waals surface area contributed by atoms with Crippen molar-refractivity contribution in [1.29, 1.82) is 0 Å². The van der Waals surface area contributed by atoms with Crippen LogP contribution in [0.5, 0.6) is 11.5 Å². The summed E-state index contributed by atoms with van der Waals surface area (Å²) < 4.78 is 23.0. The smallest absolute Gasteiger partial charge is 0.410 e. The second-order valence-corrected chi connectivity index (χ2v) is 9.50. The van der Waals surface area contributed by atoms with E-state index in [0.717, 1.165) is 41.0 Å². The lowest BCUT2D eigenvalue weighted by molar-refractivity contribution is 0.00766. The van der Waals surface area contributed by atoms with Gasteiger partial charge in [-0.3, -0.25) is 4.90 Å². The van der Waals surface area contributed by atoms with Crippen LogP contribution in [0.2, 0.25) is 0 Å². The number of hydrogen-bond donors (Lipinski definition) is 0. The van der Waals surface area contributed by atoms with Crippen LogP contribution in [-0.2, 0) is 16.1 Å². The van der Waals surface area contributed by atoms with Crippen molar-refractivity contribution in [3.05, 3.63) is 59.2 Å². The molecule has 0 aliphatic heterocycles. The van der Waals surface area contributed by atoms with Gasteiger partial charge in [0.1, 0.15) is 17.1 Å². The highest BCUT2D eigenvalue weighted by atomic mass is 16.6. The Morgan fingerprint density at radius 1 is 1.06 bits per heavy atom.